The molecule has 4 heteroatoms. The molecule has 19 heavy (non-hydrogen) atoms. The summed E-state index contributed by atoms with van der Waals surface area (Å²) in [7, 11) is 0. The van der Waals surface area contributed by atoms with Crippen LogP contribution in [0.25, 0.3) is 0 Å². The fraction of sp³-hybridized carbons (Fsp3) is 0.600. The average Bonchev–Trinajstić information content (AvgIpc) is 2.34. The van der Waals surface area contributed by atoms with Crippen LogP contribution in [0, 0.1) is 5.92 Å². The second-order valence-corrected chi connectivity index (χ2v) is 6.32. The third-order valence-electron chi connectivity index (χ3n) is 4.14. The summed E-state index contributed by atoms with van der Waals surface area (Å²) in [5.74, 6) is 2.55. The Bertz CT molecular complexity index is 460. The van der Waals surface area contributed by atoms with Gasteiger partial charge in [-0.1, -0.05) is 6.42 Å². The second-order valence-electron chi connectivity index (χ2n) is 5.46. The zero-order chi connectivity index (χ0) is 13.2. The Kier molecular flexibility index (Phi) is 3.99. The molecule has 1 unspecified atom stereocenters. The van der Waals surface area contributed by atoms with Crippen molar-refractivity contribution in [3.63, 3.8) is 0 Å². The highest BCUT2D eigenvalue weighted by Crippen LogP contribution is 2.38. The summed E-state index contributed by atoms with van der Waals surface area (Å²) in [4.78, 5) is 0. The van der Waals surface area contributed by atoms with Crippen LogP contribution >= 0.6 is 15.9 Å². The highest BCUT2D eigenvalue weighted by molar-refractivity contribution is 9.10. The number of fused-ring (bicyclic) bond motifs is 1. The Labute approximate surface area is 122 Å². The smallest absolute Gasteiger partial charge is 0.175 e. The Morgan fingerprint density at radius 2 is 2.11 bits per heavy atom. The number of rotatable bonds is 4. The van der Waals surface area contributed by atoms with Crippen molar-refractivity contribution in [1.29, 1.82) is 0 Å². The maximum atomic E-state index is 5.65. The molecule has 3 nitrogen and oxygen atoms in total. The van der Waals surface area contributed by atoms with E-state index in [1.165, 1.54) is 24.8 Å². The van der Waals surface area contributed by atoms with E-state index < -0.39 is 0 Å². The van der Waals surface area contributed by atoms with E-state index in [1.807, 2.05) is 0 Å². The van der Waals surface area contributed by atoms with Gasteiger partial charge in [-0.15, -0.1) is 0 Å². The van der Waals surface area contributed by atoms with E-state index in [0.717, 1.165) is 28.4 Å². The van der Waals surface area contributed by atoms with Gasteiger partial charge in [-0.3, -0.25) is 0 Å². The van der Waals surface area contributed by atoms with Crippen LogP contribution in [0.1, 0.15) is 31.7 Å². The maximum Gasteiger partial charge on any atom is 0.175 e. The Morgan fingerprint density at radius 1 is 1.32 bits per heavy atom. The summed E-state index contributed by atoms with van der Waals surface area (Å²) in [6, 6.07) is 4.80. The van der Waals surface area contributed by atoms with E-state index in [1.54, 1.807) is 0 Å². The van der Waals surface area contributed by atoms with Gasteiger partial charge in [-0.05, 0) is 59.3 Å². The first-order valence-corrected chi connectivity index (χ1v) is 7.85. The zero-order valence-corrected chi connectivity index (χ0v) is 12.8. The van der Waals surface area contributed by atoms with Crippen LogP contribution in [-0.2, 0) is 6.54 Å². The molecule has 1 aromatic rings. The van der Waals surface area contributed by atoms with Gasteiger partial charge >= 0.3 is 0 Å². The predicted octanol–water partition coefficient (Wildman–Crippen LogP) is 3.50. The van der Waals surface area contributed by atoms with Gasteiger partial charge < -0.3 is 14.8 Å². The summed E-state index contributed by atoms with van der Waals surface area (Å²) in [6.45, 7) is 4.43. The topological polar surface area (TPSA) is 30.5 Å². The van der Waals surface area contributed by atoms with Gasteiger partial charge in [0.25, 0.3) is 0 Å². The zero-order valence-electron chi connectivity index (χ0n) is 11.2. The molecular weight excluding hydrogens is 306 g/mol. The molecule has 1 aromatic carbocycles. The largest absolute Gasteiger partial charge is 0.486 e. The standard InChI is InChI=1S/C15H20BrNO2/c1-10(12-3-2-4-12)17-9-11-7-13(16)15-14(8-11)18-5-6-19-15/h7-8,10,12,17H,2-6,9H2,1H3. The van der Waals surface area contributed by atoms with Crippen molar-refractivity contribution < 1.29 is 9.47 Å². The molecule has 0 aromatic heterocycles. The molecule has 1 aliphatic heterocycles. The minimum atomic E-state index is 0.598. The summed E-state index contributed by atoms with van der Waals surface area (Å²) >= 11 is 3.56. The molecule has 0 spiro atoms. The summed E-state index contributed by atoms with van der Waals surface area (Å²) in [5, 5.41) is 3.62. The van der Waals surface area contributed by atoms with E-state index in [-0.39, 0.29) is 0 Å². The highest BCUT2D eigenvalue weighted by Gasteiger charge is 2.23. The van der Waals surface area contributed by atoms with Crippen molar-refractivity contribution in [3.8, 4) is 11.5 Å². The molecule has 1 N–H and O–H groups in total. The summed E-state index contributed by atoms with van der Waals surface area (Å²) in [5.41, 5.74) is 1.24. The van der Waals surface area contributed by atoms with Crippen LogP contribution in [0.4, 0.5) is 0 Å². The van der Waals surface area contributed by atoms with Gasteiger partial charge in [-0.25, -0.2) is 0 Å². The van der Waals surface area contributed by atoms with Gasteiger partial charge in [-0.2, -0.15) is 0 Å². The van der Waals surface area contributed by atoms with Crippen LogP contribution in [0.5, 0.6) is 11.5 Å². The van der Waals surface area contributed by atoms with Crippen LogP contribution in [-0.4, -0.2) is 19.3 Å². The molecule has 0 amide bonds. The van der Waals surface area contributed by atoms with Crippen molar-refractivity contribution in [2.75, 3.05) is 13.2 Å². The number of benzene rings is 1. The maximum absolute atomic E-state index is 5.65. The Hall–Kier alpha value is -0.740. The molecule has 0 radical (unpaired) electrons. The first-order valence-electron chi connectivity index (χ1n) is 7.05. The lowest BCUT2D eigenvalue weighted by Crippen LogP contribution is -2.36. The SMILES string of the molecule is CC(NCc1cc(Br)c2c(c1)OCCO2)C1CCC1. The van der Waals surface area contributed by atoms with E-state index >= 15 is 0 Å². The summed E-state index contributed by atoms with van der Waals surface area (Å²) < 4.78 is 12.2. The monoisotopic (exact) mass is 325 g/mol. The van der Waals surface area contributed by atoms with Gasteiger partial charge in [0.05, 0.1) is 4.47 Å². The number of hydrogen-bond acceptors (Lipinski definition) is 3. The van der Waals surface area contributed by atoms with E-state index in [0.29, 0.717) is 19.3 Å². The normalized spacial score (nSPS) is 19.9. The molecule has 2 aliphatic rings. The fourth-order valence-corrected chi connectivity index (χ4v) is 3.26. The van der Waals surface area contributed by atoms with Crippen molar-refractivity contribution in [1.82, 2.24) is 5.32 Å². The number of halogens is 1. The lowest BCUT2D eigenvalue weighted by atomic mass is 9.80. The molecular formula is C15H20BrNO2. The van der Waals surface area contributed by atoms with Crippen LogP contribution in [0.3, 0.4) is 0 Å². The Morgan fingerprint density at radius 3 is 2.84 bits per heavy atom. The Balaban J connectivity index is 1.65. The first-order chi connectivity index (χ1) is 9.24. The minimum Gasteiger partial charge on any atom is -0.486 e. The van der Waals surface area contributed by atoms with Gasteiger partial charge in [0.1, 0.15) is 13.2 Å². The quantitative estimate of drug-likeness (QED) is 0.919. The van der Waals surface area contributed by atoms with Gasteiger partial charge in [0.2, 0.25) is 0 Å². The number of nitrogens with one attached hydrogen (secondary N) is 1. The fourth-order valence-electron chi connectivity index (χ4n) is 2.65. The van der Waals surface area contributed by atoms with Crippen LogP contribution in [0.15, 0.2) is 16.6 Å². The molecule has 1 saturated carbocycles. The van der Waals surface area contributed by atoms with E-state index in [9.17, 15) is 0 Å². The first kappa shape index (κ1) is 13.3. The average molecular weight is 326 g/mol. The van der Waals surface area contributed by atoms with Crippen molar-refractivity contribution >= 4 is 15.9 Å². The molecule has 1 atom stereocenters. The molecule has 0 saturated heterocycles. The molecule has 0 bridgehead atoms. The molecule has 1 heterocycles. The third-order valence-corrected chi connectivity index (χ3v) is 4.73. The molecule has 3 rings (SSSR count). The predicted molar refractivity (Wildman–Crippen MR) is 78.8 cm³/mol. The minimum absolute atomic E-state index is 0.598. The van der Waals surface area contributed by atoms with Crippen LogP contribution in [0.2, 0.25) is 0 Å². The second kappa shape index (κ2) is 5.71. The van der Waals surface area contributed by atoms with Crippen molar-refractivity contribution in [2.45, 2.75) is 38.8 Å². The molecule has 1 aliphatic carbocycles. The van der Waals surface area contributed by atoms with E-state index in [2.05, 4.69) is 40.3 Å². The lowest BCUT2D eigenvalue weighted by Gasteiger charge is -2.32. The van der Waals surface area contributed by atoms with Gasteiger partial charge in [0.15, 0.2) is 11.5 Å². The third kappa shape index (κ3) is 2.90. The number of hydrogen-bond donors (Lipinski definition) is 1. The molecule has 104 valence electrons. The summed E-state index contributed by atoms with van der Waals surface area (Å²) in [6.07, 6.45) is 4.14. The van der Waals surface area contributed by atoms with E-state index in [4.69, 9.17) is 9.47 Å². The van der Waals surface area contributed by atoms with Gasteiger partial charge in [0, 0.05) is 12.6 Å². The van der Waals surface area contributed by atoms with Crippen LogP contribution < -0.4 is 14.8 Å². The van der Waals surface area contributed by atoms with Crippen molar-refractivity contribution in [3.05, 3.63) is 22.2 Å². The lowest BCUT2D eigenvalue weighted by molar-refractivity contribution is 0.170. The molecule has 1 fully saturated rings. The van der Waals surface area contributed by atoms with Crippen molar-refractivity contribution in [2.24, 2.45) is 5.92 Å². The highest BCUT2D eigenvalue weighted by atomic mass is 79.9. The number of ether oxygens (including phenoxy) is 2.